The molecule has 0 spiro atoms. The molecule has 0 aromatic carbocycles. The van der Waals surface area contributed by atoms with Crippen molar-refractivity contribution in [3.63, 3.8) is 0 Å². The Hall–Kier alpha value is -2.42. The van der Waals surface area contributed by atoms with Crippen molar-refractivity contribution in [3.8, 4) is 0 Å². The molecule has 1 aromatic rings. The van der Waals surface area contributed by atoms with Crippen LogP contribution in [-0.2, 0) is 4.74 Å². The number of rotatable bonds is 4. The average molecular weight is 402 g/mol. The van der Waals surface area contributed by atoms with Gasteiger partial charge in [0.1, 0.15) is 6.10 Å². The van der Waals surface area contributed by atoms with Crippen molar-refractivity contribution in [2.24, 2.45) is 17.8 Å². The lowest BCUT2D eigenvalue weighted by atomic mass is 9.53. The predicted octanol–water partition coefficient (Wildman–Crippen LogP) is 1.74. The molecule has 29 heavy (non-hydrogen) atoms. The fraction of sp³-hybridized carbons (Fsp3) is 0.700. The van der Waals surface area contributed by atoms with Crippen molar-refractivity contribution in [1.82, 2.24) is 14.9 Å². The molecule has 9 nitrogen and oxygen atoms in total. The van der Waals surface area contributed by atoms with E-state index < -0.39 is 11.6 Å². The average Bonchev–Trinajstić information content (AvgIpc) is 3.12. The number of carboxylic acid groups (broad SMARTS) is 1. The highest BCUT2D eigenvalue weighted by Crippen LogP contribution is 2.56. The van der Waals surface area contributed by atoms with Crippen LogP contribution in [0.4, 0.5) is 10.7 Å². The van der Waals surface area contributed by atoms with Gasteiger partial charge in [0.05, 0.1) is 11.2 Å². The van der Waals surface area contributed by atoms with E-state index in [4.69, 9.17) is 9.84 Å². The topological polar surface area (TPSA) is 125 Å². The van der Waals surface area contributed by atoms with Crippen LogP contribution in [-0.4, -0.2) is 68.0 Å². The number of nitrogens with one attached hydrogen (secondary N) is 1. The molecule has 156 valence electrons. The number of aromatic nitrogens is 2. The largest absolute Gasteiger partial charge is 0.478 e. The van der Waals surface area contributed by atoms with Gasteiger partial charge in [-0.15, -0.1) is 0 Å². The second kappa shape index (κ2) is 6.83. The minimum absolute atomic E-state index is 0.00237. The number of nitrogens with zero attached hydrogens (tertiary/aromatic N) is 3. The summed E-state index contributed by atoms with van der Waals surface area (Å²) in [6.45, 7) is 1.09. The van der Waals surface area contributed by atoms with Gasteiger partial charge in [-0.2, -0.15) is 0 Å². The smallest absolute Gasteiger partial charge is 0.410 e. The summed E-state index contributed by atoms with van der Waals surface area (Å²) in [5, 5.41) is 22.7. The minimum Gasteiger partial charge on any atom is -0.478 e. The first-order valence-corrected chi connectivity index (χ1v) is 10.4. The van der Waals surface area contributed by atoms with Crippen LogP contribution in [0.1, 0.15) is 48.9 Å². The monoisotopic (exact) mass is 402 g/mol. The van der Waals surface area contributed by atoms with Crippen LogP contribution in [0.5, 0.6) is 0 Å². The quantitative estimate of drug-likeness (QED) is 0.695. The lowest BCUT2D eigenvalue weighted by Crippen LogP contribution is -2.58. The summed E-state index contributed by atoms with van der Waals surface area (Å²) in [7, 11) is 0. The first kappa shape index (κ1) is 18.6. The second-order valence-corrected chi connectivity index (χ2v) is 9.22. The zero-order chi connectivity index (χ0) is 20.2. The molecule has 9 heteroatoms. The molecule has 5 fully saturated rings. The third-order valence-corrected chi connectivity index (χ3v) is 7.07. The van der Waals surface area contributed by atoms with Gasteiger partial charge in [0.15, 0.2) is 0 Å². The standard InChI is InChI=1S/C20H26N4O5/c25-17(26)14-8-21-18(22-9-14)23-15-1-2-24(10-15)19(27)29-16-12-3-11-4-13(16)7-20(28,5-11)6-12/h8-9,11-13,15-16,28H,1-7,10H2,(H,25,26)(H,21,22,23)/t11?,12?,13?,15-,16?,20?/m1/s1. The highest BCUT2D eigenvalue weighted by atomic mass is 16.6. The maximum Gasteiger partial charge on any atom is 0.410 e. The summed E-state index contributed by atoms with van der Waals surface area (Å²) < 4.78 is 5.95. The Kier molecular flexibility index (Phi) is 4.38. The van der Waals surface area contributed by atoms with Gasteiger partial charge in [0.2, 0.25) is 5.95 Å². The third kappa shape index (κ3) is 3.52. The number of carbonyl (C=O) groups excluding carboxylic acids is 1. The van der Waals surface area contributed by atoms with Gasteiger partial charge < -0.3 is 25.2 Å². The fourth-order valence-corrected chi connectivity index (χ4v) is 6.06. The van der Waals surface area contributed by atoms with Crippen LogP contribution >= 0.6 is 0 Å². The number of hydrogen-bond acceptors (Lipinski definition) is 7. The molecule has 4 bridgehead atoms. The highest BCUT2D eigenvalue weighted by molar-refractivity contribution is 5.86. The van der Waals surface area contributed by atoms with E-state index in [0.29, 0.717) is 25.0 Å². The second-order valence-electron chi connectivity index (χ2n) is 9.22. The van der Waals surface area contributed by atoms with E-state index in [0.717, 1.165) is 38.5 Å². The molecule has 6 rings (SSSR count). The Bertz CT molecular complexity index is 800. The van der Waals surface area contributed by atoms with Crippen molar-refractivity contribution < 1.29 is 24.5 Å². The van der Waals surface area contributed by atoms with Crippen LogP contribution in [0.15, 0.2) is 12.4 Å². The number of anilines is 1. The SMILES string of the molecule is O=C(O)c1cnc(N[C@@H]2CCN(C(=O)OC3C4CC5CC3CC(O)(C5)C4)C2)nc1. The predicted molar refractivity (Wildman–Crippen MR) is 101 cm³/mol. The lowest BCUT2D eigenvalue weighted by Gasteiger charge is -2.57. The zero-order valence-corrected chi connectivity index (χ0v) is 16.2. The summed E-state index contributed by atoms with van der Waals surface area (Å²) in [5.74, 6) is 0.439. The zero-order valence-electron chi connectivity index (χ0n) is 16.2. The van der Waals surface area contributed by atoms with E-state index in [1.54, 1.807) is 4.90 Å². The number of carbonyl (C=O) groups is 2. The van der Waals surface area contributed by atoms with Crippen LogP contribution in [0, 0.1) is 17.8 Å². The Balaban J connectivity index is 1.16. The Morgan fingerprint density at radius 2 is 1.86 bits per heavy atom. The summed E-state index contributed by atoms with van der Waals surface area (Å²) in [6.07, 6.45) is 7.47. The van der Waals surface area contributed by atoms with Crippen LogP contribution in [0.3, 0.4) is 0 Å². The molecule has 3 N–H and O–H groups in total. The number of carboxylic acids is 1. The molecule has 4 aliphatic carbocycles. The molecule has 5 aliphatic rings. The Morgan fingerprint density at radius 1 is 1.17 bits per heavy atom. The molecule has 1 aliphatic heterocycles. The Labute approximate surface area is 168 Å². The number of ether oxygens (including phenoxy) is 1. The number of aliphatic hydroxyl groups is 1. The van der Waals surface area contributed by atoms with Gasteiger partial charge in [-0.1, -0.05) is 0 Å². The lowest BCUT2D eigenvalue weighted by molar-refractivity contribution is -0.177. The molecule has 1 saturated heterocycles. The number of likely N-dealkylation sites (tertiary alicyclic amines) is 1. The minimum atomic E-state index is -1.07. The first-order valence-electron chi connectivity index (χ1n) is 10.4. The van der Waals surface area contributed by atoms with Crippen molar-refractivity contribution in [2.45, 2.75) is 56.3 Å². The number of aromatic carboxylic acids is 1. The maximum atomic E-state index is 12.8. The van der Waals surface area contributed by atoms with Crippen LogP contribution < -0.4 is 5.32 Å². The van der Waals surface area contributed by atoms with Gasteiger partial charge in [-0.3, -0.25) is 0 Å². The van der Waals surface area contributed by atoms with E-state index in [9.17, 15) is 14.7 Å². The van der Waals surface area contributed by atoms with E-state index in [2.05, 4.69) is 15.3 Å². The molecular formula is C20H26N4O5. The van der Waals surface area contributed by atoms with Gasteiger partial charge >= 0.3 is 12.1 Å². The van der Waals surface area contributed by atoms with Crippen LogP contribution in [0.25, 0.3) is 0 Å². The molecule has 3 atom stereocenters. The summed E-state index contributed by atoms with van der Waals surface area (Å²) in [4.78, 5) is 33.4. The molecule has 4 saturated carbocycles. The van der Waals surface area contributed by atoms with Crippen molar-refractivity contribution >= 4 is 18.0 Å². The van der Waals surface area contributed by atoms with Gasteiger partial charge in [0, 0.05) is 31.5 Å². The molecular weight excluding hydrogens is 376 g/mol. The molecule has 1 aromatic heterocycles. The van der Waals surface area contributed by atoms with Crippen molar-refractivity contribution in [1.29, 1.82) is 0 Å². The first-order chi connectivity index (χ1) is 13.9. The molecule has 2 heterocycles. The summed E-state index contributed by atoms with van der Waals surface area (Å²) >= 11 is 0. The summed E-state index contributed by atoms with van der Waals surface area (Å²) in [6, 6.07) is -0.00237. The Morgan fingerprint density at radius 3 is 2.48 bits per heavy atom. The van der Waals surface area contributed by atoms with E-state index in [1.165, 1.54) is 12.4 Å². The van der Waals surface area contributed by atoms with Gasteiger partial charge in [0.25, 0.3) is 0 Å². The van der Waals surface area contributed by atoms with E-state index >= 15 is 0 Å². The summed E-state index contributed by atoms with van der Waals surface area (Å²) in [5.41, 5.74) is -0.495. The number of amides is 1. The fourth-order valence-electron chi connectivity index (χ4n) is 6.06. The normalized spacial score (nSPS) is 37.6. The van der Waals surface area contributed by atoms with Crippen LogP contribution in [0.2, 0.25) is 0 Å². The van der Waals surface area contributed by atoms with E-state index in [-0.39, 0.29) is 35.6 Å². The number of hydrogen-bond donors (Lipinski definition) is 3. The van der Waals surface area contributed by atoms with Gasteiger partial charge in [-0.05, 0) is 56.3 Å². The van der Waals surface area contributed by atoms with E-state index in [1.807, 2.05) is 0 Å². The maximum absolute atomic E-state index is 12.8. The van der Waals surface area contributed by atoms with Crippen molar-refractivity contribution in [3.05, 3.63) is 18.0 Å². The molecule has 1 amide bonds. The van der Waals surface area contributed by atoms with Crippen molar-refractivity contribution in [2.75, 3.05) is 18.4 Å². The third-order valence-electron chi connectivity index (χ3n) is 7.07. The molecule has 0 radical (unpaired) electrons. The molecule has 2 unspecified atom stereocenters. The van der Waals surface area contributed by atoms with Gasteiger partial charge in [-0.25, -0.2) is 19.6 Å². The highest BCUT2D eigenvalue weighted by Gasteiger charge is 2.56.